The van der Waals surface area contributed by atoms with Gasteiger partial charge in [-0.2, -0.15) is 4.98 Å². The highest BCUT2D eigenvalue weighted by Crippen LogP contribution is 2.37. The van der Waals surface area contributed by atoms with Crippen molar-refractivity contribution in [1.82, 2.24) is 15.5 Å². The molecule has 2 N–H and O–H groups in total. The van der Waals surface area contributed by atoms with Gasteiger partial charge in [0.15, 0.2) is 0 Å². The van der Waals surface area contributed by atoms with Gasteiger partial charge in [-0.15, -0.1) is 0 Å². The van der Waals surface area contributed by atoms with E-state index in [0.29, 0.717) is 22.4 Å². The minimum Gasteiger partial charge on any atom is -0.336 e. The van der Waals surface area contributed by atoms with Crippen LogP contribution < -0.4 is 10.6 Å². The van der Waals surface area contributed by atoms with Gasteiger partial charge in [0.05, 0.1) is 10.7 Å². The molecular formula is C21H21ClN4O2. The number of anilines is 1. The van der Waals surface area contributed by atoms with Gasteiger partial charge in [0, 0.05) is 5.56 Å². The highest BCUT2D eigenvalue weighted by Gasteiger charge is 2.41. The SMILES string of the molecule is O=C(Nc1ccccc1Cl)NC1(c2nc(-c3ccccc3)no2)CCCCC1. The van der Waals surface area contributed by atoms with E-state index in [4.69, 9.17) is 16.1 Å². The summed E-state index contributed by atoms with van der Waals surface area (Å²) >= 11 is 6.15. The Balaban J connectivity index is 1.58. The normalized spacial score (nSPS) is 15.8. The molecule has 0 aliphatic heterocycles. The van der Waals surface area contributed by atoms with Crippen LogP contribution in [-0.4, -0.2) is 16.2 Å². The van der Waals surface area contributed by atoms with Crippen LogP contribution in [-0.2, 0) is 5.54 Å². The van der Waals surface area contributed by atoms with Gasteiger partial charge in [-0.05, 0) is 25.0 Å². The molecule has 0 spiro atoms. The van der Waals surface area contributed by atoms with Crippen LogP contribution in [0.5, 0.6) is 0 Å². The first-order valence-corrected chi connectivity index (χ1v) is 9.77. The molecule has 0 atom stereocenters. The standard InChI is InChI=1S/C21H21ClN4O2/c22-16-11-5-6-12-17(16)23-20(27)25-21(13-7-2-8-14-21)19-24-18(26-28-19)15-9-3-1-4-10-15/h1,3-6,9-12H,2,7-8,13-14H2,(H2,23,25,27). The van der Waals surface area contributed by atoms with Crippen molar-refractivity contribution in [2.75, 3.05) is 5.32 Å². The van der Waals surface area contributed by atoms with Gasteiger partial charge in [0.2, 0.25) is 5.82 Å². The lowest BCUT2D eigenvalue weighted by Gasteiger charge is -2.34. The topological polar surface area (TPSA) is 80.0 Å². The lowest BCUT2D eigenvalue weighted by Crippen LogP contribution is -2.49. The second kappa shape index (κ2) is 8.02. The van der Waals surface area contributed by atoms with Gasteiger partial charge in [-0.3, -0.25) is 0 Å². The maximum atomic E-state index is 12.7. The molecule has 2 amide bonds. The van der Waals surface area contributed by atoms with Crippen molar-refractivity contribution in [2.45, 2.75) is 37.6 Å². The molecule has 1 heterocycles. The highest BCUT2D eigenvalue weighted by atomic mass is 35.5. The molecule has 0 bridgehead atoms. The lowest BCUT2D eigenvalue weighted by molar-refractivity contribution is 0.173. The first-order chi connectivity index (χ1) is 13.7. The second-order valence-corrected chi connectivity index (χ2v) is 7.40. The van der Waals surface area contributed by atoms with Gasteiger partial charge in [-0.25, -0.2) is 4.79 Å². The van der Waals surface area contributed by atoms with Crippen molar-refractivity contribution in [3.63, 3.8) is 0 Å². The Bertz CT molecular complexity index is 952. The third kappa shape index (κ3) is 3.87. The van der Waals surface area contributed by atoms with Crippen LogP contribution in [0.25, 0.3) is 11.4 Å². The van der Waals surface area contributed by atoms with E-state index in [1.165, 1.54) is 0 Å². The molecule has 3 aromatic rings. The van der Waals surface area contributed by atoms with Crippen LogP contribution in [0, 0.1) is 0 Å². The number of nitrogens with one attached hydrogen (secondary N) is 2. The summed E-state index contributed by atoms with van der Waals surface area (Å²) in [5.41, 5.74) is 0.760. The van der Waals surface area contributed by atoms with Crippen LogP contribution in [0.2, 0.25) is 5.02 Å². The Hall–Kier alpha value is -2.86. The number of hydrogen-bond donors (Lipinski definition) is 2. The molecule has 0 radical (unpaired) electrons. The summed E-state index contributed by atoms with van der Waals surface area (Å²) in [6.45, 7) is 0. The summed E-state index contributed by atoms with van der Waals surface area (Å²) < 4.78 is 5.61. The van der Waals surface area contributed by atoms with Crippen LogP contribution in [0.15, 0.2) is 59.1 Å². The number of hydrogen-bond acceptors (Lipinski definition) is 4. The maximum absolute atomic E-state index is 12.7. The third-order valence-corrected chi connectivity index (χ3v) is 5.38. The summed E-state index contributed by atoms with van der Waals surface area (Å²) in [7, 11) is 0. The smallest absolute Gasteiger partial charge is 0.320 e. The molecule has 7 heteroatoms. The van der Waals surface area contributed by atoms with E-state index in [1.807, 2.05) is 42.5 Å². The Morgan fingerprint density at radius 3 is 2.46 bits per heavy atom. The number of carbonyl (C=O) groups is 1. The van der Waals surface area contributed by atoms with E-state index >= 15 is 0 Å². The zero-order valence-electron chi connectivity index (χ0n) is 15.3. The van der Waals surface area contributed by atoms with Crippen molar-refractivity contribution < 1.29 is 9.32 Å². The number of carbonyl (C=O) groups excluding carboxylic acids is 1. The Kier molecular flexibility index (Phi) is 5.30. The number of rotatable bonds is 4. The van der Waals surface area contributed by atoms with Crippen molar-refractivity contribution >= 4 is 23.3 Å². The Morgan fingerprint density at radius 2 is 1.71 bits per heavy atom. The fourth-order valence-corrected chi connectivity index (χ4v) is 3.79. The monoisotopic (exact) mass is 396 g/mol. The average molecular weight is 397 g/mol. The van der Waals surface area contributed by atoms with E-state index in [2.05, 4.69) is 20.8 Å². The van der Waals surface area contributed by atoms with Crippen molar-refractivity contribution in [1.29, 1.82) is 0 Å². The van der Waals surface area contributed by atoms with Crippen molar-refractivity contribution in [2.24, 2.45) is 0 Å². The summed E-state index contributed by atoms with van der Waals surface area (Å²) in [6.07, 6.45) is 4.58. The first kappa shape index (κ1) is 18.5. The number of urea groups is 1. The molecule has 1 aliphatic rings. The second-order valence-electron chi connectivity index (χ2n) is 6.99. The molecule has 6 nitrogen and oxygen atoms in total. The zero-order chi connectivity index (χ0) is 19.4. The summed E-state index contributed by atoms with van der Waals surface area (Å²) in [6, 6.07) is 16.4. The molecule has 1 saturated carbocycles. The van der Waals surface area contributed by atoms with E-state index in [0.717, 1.165) is 37.7 Å². The molecule has 0 saturated heterocycles. The van der Waals surface area contributed by atoms with Gasteiger partial charge in [-0.1, -0.05) is 78.5 Å². The average Bonchev–Trinajstić information content (AvgIpc) is 3.22. The highest BCUT2D eigenvalue weighted by molar-refractivity contribution is 6.33. The maximum Gasteiger partial charge on any atom is 0.320 e. The van der Waals surface area contributed by atoms with Crippen molar-refractivity contribution in [3.05, 3.63) is 65.5 Å². The first-order valence-electron chi connectivity index (χ1n) is 9.40. The molecule has 4 rings (SSSR count). The summed E-state index contributed by atoms with van der Waals surface area (Å²) in [5, 5.41) is 10.5. The number of benzene rings is 2. The molecular weight excluding hydrogens is 376 g/mol. The Morgan fingerprint density at radius 1 is 1.00 bits per heavy atom. The van der Waals surface area contributed by atoms with Gasteiger partial charge in [0.1, 0.15) is 5.54 Å². The van der Waals surface area contributed by atoms with Gasteiger partial charge < -0.3 is 15.2 Å². The molecule has 2 aromatic carbocycles. The predicted octanol–water partition coefficient (Wildman–Crippen LogP) is 5.37. The quantitative estimate of drug-likeness (QED) is 0.621. The zero-order valence-corrected chi connectivity index (χ0v) is 16.1. The predicted molar refractivity (Wildman–Crippen MR) is 108 cm³/mol. The Labute approximate surface area is 168 Å². The minimum atomic E-state index is -0.677. The molecule has 1 fully saturated rings. The number of para-hydroxylation sites is 1. The molecule has 1 aliphatic carbocycles. The summed E-state index contributed by atoms with van der Waals surface area (Å²) in [5.74, 6) is 0.967. The lowest BCUT2D eigenvalue weighted by atomic mass is 9.81. The fraction of sp³-hybridized carbons (Fsp3) is 0.286. The number of halogens is 1. The van der Waals surface area contributed by atoms with E-state index in [-0.39, 0.29) is 6.03 Å². The number of aromatic nitrogens is 2. The van der Waals surface area contributed by atoms with Crippen LogP contribution in [0.3, 0.4) is 0 Å². The van der Waals surface area contributed by atoms with Gasteiger partial charge in [0.25, 0.3) is 5.89 Å². The minimum absolute atomic E-state index is 0.338. The van der Waals surface area contributed by atoms with Crippen LogP contribution in [0.4, 0.5) is 10.5 Å². The number of nitrogens with zero attached hydrogens (tertiary/aromatic N) is 2. The van der Waals surface area contributed by atoms with E-state index in [9.17, 15) is 4.79 Å². The van der Waals surface area contributed by atoms with Gasteiger partial charge >= 0.3 is 6.03 Å². The van der Waals surface area contributed by atoms with E-state index in [1.54, 1.807) is 12.1 Å². The molecule has 28 heavy (non-hydrogen) atoms. The van der Waals surface area contributed by atoms with E-state index < -0.39 is 5.54 Å². The molecule has 1 aromatic heterocycles. The largest absolute Gasteiger partial charge is 0.336 e. The summed E-state index contributed by atoms with van der Waals surface area (Å²) in [4.78, 5) is 17.3. The van der Waals surface area contributed by atoms with Crippen LogP contribution >= 0.6 is 11.6 Å². The molecule has 0 unspecified atom stereocenters. The van der Waals surface area contributed by atoms with Crippen LogP contribution in [0.1, 0.15) is 38.0 Å². The third-order valence-electron chi connectivity index (χ3n) is 5.05. The fourth-order valence-electron chi connectivity index (χ4n) is 3.60. The number of amides is 2. The molecule has 144 valence electrons. The van der Waals surface area contributed by atoms with Crippen molar-refractivity contribution in [3.8, 4) is 11.4 Å².